The molecule has 7 heteroatoms. The van der Waals surface area contributed by atoms with E-state index in [0.29, 0.717) is 31.1 Å². The van der Waals surface area contributed by atoms with E-state index in [1.807, 2.05) is 36.4 Å². The van der Waals surface area contributed by atoms with Gasteiger partial charge in [0.05, 0.1) is 13.3 Å². The number of ether oxygens (including phenoxy) is 2. The van der Waals surface area contributed by atoms with E-state index in [4.69, 9.17) is 9.47 Å². The molecule has 1 aliphatic heterocycles. The Labute approximate surface area is 176 Å². The molecule has 1 aliphatic rings. The molecule has 1 saturated heterocycles. The first-order valence-corrected chi connectivity index (χ1v) is 10.1. The number of rotatable bonds is 8. The third-order valence-corrected chi connectivity index (χ3v) is 4.83. The van der Waals surface area contributed by atoms with Crippen LogP contribution >= 0.6 is 0 Å². The van der Waals surface area contributed by atoms with Crippen LogP contribution in [0.2, 0.25) is 0 Å². The van der Waals surface area contributed by atoms with E-state index in [1.165, 1.54) is 6.21 Å². The molecule has 30 heavy (non-hydrogen) atoms. The summed E-state index contributed by atoms with van der Waals surface area (Å²) in [7, 11) is 1.58. The summed E-state index contributed by atoms with van der Waals surface area (Å²) < 4.78 is 11.2. The Bertz CT molecular complexity index is 883. The molecule has 2 aromatic carbocycles. The molecule has 0 aliphatic carbocycles. The highest BCUT2D eigenvalue weighted by atomic mass is 16.5. The van der Waals surface area contributed by atoms with Gasteiger partial charge in [0.1, 0.15) is 13.2 Å². The first kappa shape index (κ1) is 21.4. The molecule has 0 radical (unpaired) electrons. The zero-order valence-corrected chi connectivity index (χ0v) is 17.2. The van der Waals surface area contributed by atoms with Crippen LogP contribution in [0.5, 0.6) is 11.5 Å². The number of hydrazone groups is 1. The lowest BCUT2D eigenvalue weighted by atomic mass is 10.2. The van der Waals surface area contributed by atoms with Crippen molar-refractivity contribution < 1.29 is 19.1 Å². The van der Waals surface area contributed by atoms with Gasteiger partial charge in [-0.1, -0.05) is 36.8 Å². The Kier molecular flexibility index (Phi) is 7.83. The SMILES string of the molecule is COc1cc(/C=N\NC(=O)CN2CCCCCC2=O)ccc1OCc1ccccc1. The molecule has 7 nitrogen and oxygen atoms in total. The second kappa shape index (κ2) is 11.0. The topological polar surface area (TPSA) is 80.2 Å². The summed E-state index contributed by atoms with van der Waals surface area (Å²) in [5.41, 5.74) is 4.30. The van der Waals surface area contributed by atoms with Crippen LogP contribution in [-0.4, -0.2) is 43.1 Å². The van der Waals surface area contributed by atoms with E-state index in [2.05, 4.69) is 10.5 Å². The Morgan fingerprint density at radius 2 is 1.97 bits per heavy atom. The Morgan fingerprint density at radius 3 is 2.77 bits per heavy atom. The molecule has 158 valence electrons. The maximum atomic E-state index is 12.1. The number of amides is 2. The molecule has 0 saturated carbocycles. The fraction of sp³-hybridized carbons (Fsp3) is 0.348. The van der Waals surface area contributed by atoms with Crippen molar-refractivity contribution >= 4 is 18.0 Å². The lowest BCUT2D eigenvalue weighted by molar-refractivity contribution is -0.135. The summed E-state index contributed by atoms with van der Waals surface area (Å²) in [6.07, 6.45) is 4.89. The lowest BCUT2D eigenvalue weighted by Crippen LogP contribution is -2.39. The van der Waals surface area contributed by atoms with Crippen molar-refractivity contribution in [2.45, 2.75) is 32.3 Å². The summed E-state index contributed by atoms with van der Waals surface area (Å²) in [6, 6.07) is 15.3. The van der Waals surface area contributed by atoms with E-state index in [0.717, 1.165) is 30.4 Å². The van der Waals surface area contributed by atoms with Crippen LogP contribution in [0, 0.1) is 0 Å². The number of nitrogens with zero attached hydrogens (tertiary/aromatic N) is 2. The standard InChI is InChI=1S/C23H27N3O4/c1-29-21-14-19(11-12-20(21)30-17-18-8-4-2-5-9-18)15-24-25-22(27)16-26-13-7-3-6-10-23(26)28/h2,4-5,8-9,11-12,14-15H,3,6-7,10,13,16-17H2,1H3,(H,25,27)/b24-15-. The van der Waals surface area contributed by atoms with E-state index < -0.39 is 0 Å². The number of benzene rings is 2. The van der Waals surface area contributed by atoms with Crippen LogP contribution < -0.4 is 14.9 Å². The van der Waals surface area contributed by atoms with Gasteiger partial charge in [-0.3, -0.25) is 9.59 Å². The number of hydrogen-bond donors (Lipinski definition) is 1. The average Bonchev–Trinajstić information content (AvgIpc) is 2.97. The average molecular weight is 409 g/mol. The predicted octanol–water partition coefficient (Wildman–Crippen LogP) is 3.13. The quantitative estimate of drug-likeness (QED) is 0.537. The molecular formula is C23H27N3O4. The zero-order valence-electron chi connectivity index (χ0n) is 17.2. The van der Waals surface area contributed by atoms with Crippen molar-refractivity contribution in [3.63, 3.8) is 0 Å². The Morgan fingerprint density at radius 1 is 1.13 bits per heavy atom. The highest BCUT2D eigenvalue weighted by Crippen LogP contribution is 2.28. The van der Waals surface area contributed by atoms with Crippen molar-refractivity contribution in [1.29, 1.82) is 0 Å². The molecule has 0 spiro atoms. The third-order valence-electron chi connectivity index (χ3n) is 4.83. The van der Waals surface area contributed by atoms with Gasteiger partial charge in [0.25, 0.3) is 5.91 Å². The van der Waals surface area contributed by atoms with Crippen molar-refractivity contribution in [3.8, 4) is 11.5 Å². The minimum absolute atomic E-state index is 0.0301. The number of hydrogen-bond acceptors (Lipinski definition) is 5. The zero-order chi connectivity index (χ0) is 21.2. The second-order valence-electron chi connectivity index (χ2n) is 7.10. The fourth-order valence-corrected chi connectivity index (χ4v) is 3.21. The maximum absolute atomic E-state index is 12.1. The number of carbonyl (C=O) groups is 2. The molecule has 0 bridgehead atoms. The number of nitrogens with one attached hydrogen (secondary N) is 1. The molecule has 2 aromatic rings. The van der Waals surface area contributed by atoms with Crippen LogP contribution in [0.15, 0.2) is 53.6 Å². The predicted molar refractivity (Wildman–Crippen MR) is 115 cm³/mol. The molecular weight excluding hydrogens is 382 g/mol. The Balaban J connectivity index is 1.53. The summed E-state index contributed by atoms with van der Waals surface area (Å²) in [4.78, 5) is 25.7. The van der Waals surface area contributed by atoms with Gasteiger partial charge in [-0.05, 0) is 42.2 Å². The lowest BCUT2D eigenvalue weighted by Gasteiger charge is -2.18. The number of methoxy groups -OCH3 is 1. The van der Waals surface area contributed by atoms with Crippen LogP contribution in [0.1, 0.15) is 36.8 Å². The highest BCUT2D eigenvalue weighted by molar-refractivity contribution is 5.86. The number of likely N-dealkylation sites (tertiary alicyclic amines) is 1. The van der Waals surface area contributed by atoms with Crippen molar-refractivity contribution in [2.75, 3.05) is 20.2 Å². The molecule has 0 aromatic heterocycles. The van der Waals surface area contributed by atoms with Crippen molar-refractivity contribution in [1.82, 2.24) is 10.3 Å². The second-order valence-corrected chi connectivity index (χ2v) is 7.10. The molecule has 1 fully saturated rings. The number of carbonyl (C=O) groups excluding carboxylic acids is 2. The van der Waals surface area contributed by atoms with Gasteiger partial charge in [0.15, 0.2) is 11.5 Å². The summed E-state index contributed by atoms with van der Waals surface area (Å²) >= 11 is 0. The fourth-order valence-electron chi connectivity index (χ4n) is 3.21. The van der Waals surface area contributed by atoms with E-state index >= 15 is 0 Å². The highest BCUT2D eigenvalue weighted by Gasteiger charge is 2.18. The normalized spacial score (nSPS) is 14.4. The molecule has 0 unspecified atom stereocenters. The van der Waals surface area contributed by atoms with Crippen molar-refractivity contribution in [2.24, 2.45) is 5.10 Å². The smallest absolute Gasteiger partial charge is 0.259 e. The van der Waals surface area contributed by atoms with Gasteiger partial charge in [-0.15, -0.1) is 0 Å². The summed E-state index contributed by atoms with van der Waals surface area (Å²) in [5, 5.41) is 4.00. The summed E-state index contributed by atoms with van der Waals surface area (Å²) in [6.45, 7) is 1.10. The van der Waals surface area contributed by atoms with Gasteiger partial charge in [-0.25, -0.2) is 5.43 Å². The van der Waals surface area contributed by atoms with Gasteiger partial charge >= 0.3 is 0 Å². The van der Waals surface area contributed by atoms with E-state index in [1.54, 1.807) is 24.1 Å². The Hall–Kier alpha value is -3.35. The molecule has 3 rings (SSSR count). The van der Waals surface area contributed by atoms with Crippen molar-refractivity contribution in [3.05, 3.63) is 59.7 Å². The van der Waals surface area contributed by atoms with E-state index in [-0.39, 0.29) is 18.4 Å². The monoisotopic (exact) mass is 409 g/mol. The van der Waals surface area contributed by atoms with Gasteiger partial charge < -0.3 is 14.4 Å². The van der Waals surface area contributed by atoms with Crippen LogP contribution in [0.3, 0.4) is 0 Å². The molecule has 1 heterocycles. The minimum Gasteiger partial charge on any atom is -0.493 e. The van der Waals surface area contributed by atoms with Gasteiger partial charge in [-0.2, -0.15) is 5.10 Å². The molecule has 1 N–H and O–H groups in total. The van der Waals surface area contributed by atoms with Crippen LogP contribution in [0.25, 0.3) is 0 Å². The van der Waals surface area contributed by atoms with Gasteiger partial charge in [0, 0.05) is 13.0 Å². The van der Waals surface area contributed by atoms with Gasteiger partial charge in [0.2, 0.25) is 5.91 Å². The first-order valence-electron chi connectivity index (χ1n) is 10.1. The molecule has 0 atom stereocenters. The summed E-state index contributed by atoms with van der Waals surface area (Å²) in [5.74, 6) is 0.928. The van der Waals surface area contributed by atoms with Crippen LogP contribution in [0.4, 0.5) is 0 Å². The maximum Gasteiger partial charge on any atom is 0.259 e. The largest absolute Gasteiger partial charge is 0.493 e. The minimum atomic E-state index is -0.309. The van der Waals surface area contributed by atoms with Crippen LogP contribution in [-0.2, 0) is 16.2 Å². The first-order chi connectivity index (χ1) is 14.7. The van der Waals surface area contributed by atoms with E-state index in [9.17, 15) is 9.59 Å². The molecule has 2 amide bonds. The third kappa shape index (κ3) is 6.34.